The molecule has 0 aliphatic heterocycles. The van der Waals surface area contributed by atoms with Crippen LogP contribution in [-0.4, -0.2) is 4.69 Å². The molecule has 1 rings (SSSR count). The van der Waals surface area contributed by atoms with Crippen molar-refractivity contribution >= 4 is 20.6 Å². The maximum absolute atomic E-state index is 10.5. The molecular weight excluding hydrogens is 192 g/mol. The van der Waals surface area contributed by atoms with Crippen molar-refractivity contribution in [1.82, 2.24) is 0 Å². The number of carbonyl (C=O) groups excluding carboxylic acids is 1. The lowest BCUT2D eigenvalue weighted by molar-refractivity contribution is -0.109. The van der Waals surface area contributed by atoms with Crippen LogP contribution in [0.15, 0.2) is 30.3 Å². The molecule has 1 nitrogen and oxygen atoms in total. The van der Waals surface area contributed by atoms with E-state index in [2.05, 4.69) is 15.9 Å². The third-order valence-electron chi connectivity index (χ3n) is 1.19. The van der Waals surface area contributed by atoms with Crippen LogP contribution in [0.5, 0.6) is 0 Å². The van der Waals surface area contributed by atoms with Gasteiger partial charge in [0.15, 0.2) is 0 Å². The van der Waals surface area contributed by atoms with Crippen molar-refractivity contribution in [2.75, 3.05) is 0 Å². The van der Waals surface area contributed by atoms with E-state index in [4.69, 9.17) is 0 Å². The van der Waals surface area contributed by atoms with E-state index >= 15 is 0 Å². The highest BCUT2D eigenvalue weighted by Crippen LogP contribution is 2.01. The highest BCUT2D eigenvalue weighted by atomic mass is 79.9. The van der Waals surface area contributed by atoms with Gasteiger partial charge in [0.25, 0.3) is 0 Å². The molecule has 0 spiro atoms. The van der Waals surface area contributed by atoms with Gasteiger partial charge in [0.1, 0.15) is 0 Å². The molecule has 0 N–H and O–H groups in total. The van der Waals surface area contributed by atoms with Gasteiger partial charge in [0.2, 0.25) is 4.69 Å². The maximum atomic E-state index is 10.5. The number of rotatable bonds is 2. The molecule has 0 saturated carbocycles. The van der Waals surface area contributed by atoms with Gasteiger partial charge < -0.3 is 0 Å². The van der Waals surface area contributed by atoms with Gasteiger partial charge in [-0.05, 0) is 21.5 Å². The number of carbonyl (C=O) groups is 1. The number of hydrogen-bond donors (Lipinski definition) is 0. The summed E-state index contributed by atoms with van der Waals surface area (Å²) < 4.78 is 0.0266. The zero-order chi connectivity index (χ0) is 7.40. The molecule has 0 bridgehead atoms. The third-order valence-corrected chi connectivity index (χ3v) is 1.47. The number of benzene rings is 1. The van der Waals surface area contributed by atoms with Crippen LogP contribution < -0.4 is 0 Å². The lowest BCUT2D eigenvalue weighted by Gasteiger charge is -1.92. The SMILES string of the molecule is O=C(Br)Cc1ccccc1. The van der Waals surface area contributed by atoms with E-state index < -0.39 is 0 Å². The fraction of sp³-hybridized carbons (Fsp3) is 0.125. The molecule has 0 unspecified atom stereocenters. The lowest BCUT2D eigenvalue weighted by Crippen LogP contribution is -1.90. The first kappa shape index (κ1) is 7.48. The average Bonchev–Trinajstić information content (AvgIpc) is 1.88. The van der Waals surface area contributed by atoms with E-state index in [-0.39, 0.29) is 4.69 Å². The van der Waals surface area contributed by atoms with E-state index in [1.807, 2.05) is 30.3 Å². The quantitative estimate of drug-likeness (QED) is 0.667. The molecule has 1 aromatic rings. The van der Waals surface area contributed by atoms with Gasteiger partial charge in [-0.1, -0.05) is 30.3 Å². The normalized spacial score (nSPS) is 9.30. The molecule has 0 aliphatic rings. The van der Waals surface area contributed by atoms with E-state index in [1.165, 1.54) is 0 Å². The second kappa shape index (κ2) is 3.52. The Labute approximate surface area is 68.2 Å². The summed E-state index contributed by atoms with van der Waals surface area (Å²) in [5.74, 6) is 0. The van der Waals surface area contributed by atoms with E-state index in [0.717, 1.165) is 5.56 Å². The van der Waals surface area contributed by atoms with Crippen LogP contribution in [0.25, 0.3) is 0 Å². The molecule has 52 valence electrons. The highest BCUT2D eigenvalue weighted by Gasteiger charge is 1.95. The second-order valence-corrected chi connectivity index (χ2v) is 2.90. The van der Waals surface area contributed by atoms with Gasteiger partial charge in [-0.2, -0.15) is 0 Å². The number of halogens is 1. The fourth-order valence-corrected chi connectivity index (χ4v) is 1.08. The summed E-state index contributed by atoms with van der Waals surface area (Å²) in [4.78, 5) is 10.5. The van der Waals surface area contributed by atoms with Crippen LogP contribution in [0.3, 0.4) is 0 Å². The Hall–Kier alpha value is -0.630. The van der Waals surface area contributed by atoms with Crippen LogP contribution in [0.1, 0.15) is 5.56 Å². The van der Waals surface area contributed by atoms with Gasteiger partial charge in [-0.15, -0.1) is 0 Å². The molecular formula is C8H7BrO. The summed E-state index contributed by atoms with van der Waals surface area (Å²) in [6.45, 7) is 0. The average molecular weight is 199 g/mol. The molecule has 0 aromatic heterocycles. The Balaban J connectivity index is 2.67. The molecule has 0 atom stereocenters. The summed E-state index contributed by atoms with van der Waals surface area (Å²) in [6, 6.07) is 9.64. The van der Waals surface area contributed by atoms with Crippen molar-refractivity contribution in [2.24, 2.45) is 0 Å². The first-order valence-electron chi connectivity index (χ1n) is 3.01. The van der Waals surface area contributed by atoms with Crippen molar-refractivity contribution in [2.45, 2.75) is 6.42 Å². The van der Waals surface area contributed by atoms with Crippen molar-refractivity contribution < 1.29 is 4.79 Å². The molecule has 0 amide bonds. The largest absolute Gasteiger partial charge is 0.286 e. The molecule has 0 fully saturated rings. The van der Waals surface area contributed by atoms with Gasteiger partial charge in [-0.25, -0.2) is 0 Å². The summed E-state index contributed by atoms with van der Waals surface area (Å²) in [6.07, 6.45) is 0.473. The maximum Gasteiger partial charge on any atom is 0.202 e. The van der Waals surface area contributed by atoms with Crippen molar-refractivity contribution in [3.8, 4) is 0 Å². The zero-order valence-corrected chi connectivity index (χ0v) is 6.97. The standard InChI is InChI=1S/C8H7BrO/c9-8(10)6-7-4-2-1-3-5-7/h1-5H,6H2. The third kappa shape index (κ3) is 2.31. The summed E-state index contributed by atoms with van der Waals surface area (Å²) in [5.41, 5.74) is 1.05. The Morgan fingerprint density at radius 1 is 1.30 bits per heavy atom. The van der Waals surface area contributed by atoms with Gasteiger partial charge >= 0.3 is 0 Å². The highest BCUT2D eigenvalue weighted by molar-refractivity contribution is 9.18. The van der Waals surface area contributed by atoms with Gasteiger partial charge in [0.05, 0.1) is 0 Å². The second-order valence-electron chi connectivity index (χ2n) is 2.02. The predicted octanol–water partition coefficient (Wildman–Crippen LogP) is 2.15. The monoisotopic (exact) mass is 198 g/mol. The van der Waals surface area contributed by atoms with Crippen LogP contribution >= 0.6 is 15.9 Å². The van der Waals surface area contributed by atoms with Crippen molar-refractivity contribution in [3.63, 3.8) is 0 Å². The van der Waals surface area contributed by atoms with E-state index in [9.17, 15) is 4.79 Å². The smallest absolute Gasteiger partial charge is 0.202 e. The Morgan fingerprint density at radius 2 is 1.90 bits per heavy atom. The van der Waals surface area contributed by atoms with E-state index in [0.29, 0.717) is 6.42 Å². The summed E-state index contributed by atoms with van der Waals surface area (Å²) >= 11 is 2.87. The van der Waals surface area contributed by atoms with E-state index in [1.54, 1.807) is 0 Å². The molecule has 1 aromatic carbocycles. The fourth-order valence-electron chi connectivity index (χ4n) is 0.756. The molecule has 10 heavy (non-hydrogen) atoms. The van der Waals surface area contributed by atoms with Gasteiger partial charge in [0, 0.05) is 6.42 Å². The summed E-state index contributed by atoms with van der Waals surface area (Å²) in [5, 5.41) is 0. The predicted molar refractivity (Wildman–Crippen MR) is 44.1 cm³/mol. The van der Waals surface area contributed by atoms with Crippen LogP contribution in [0.2, 0.25) is 0 Å². The number of hydrogen-bond acceptors (Lipinski definition) is 1. The first-order valence-corrected chi connectivity index (χ1v) is 3.80. The van der Waals surface area contributed by atoms with Gasteiger partial charge in [-0.3, -0.25) is 4.79 Å². The minimum Gasteiger partial charge on any atom is -0.286 e. The Morgan fingerprint density at radius 3 is 2.40 bits per heavy atom. The Bertz CT molecular complexity index is 218. The lowest BCUT2D eigenvalue weighted by atomic mass is 10.2. The molecule has 2 heteroatoms. The molecule has 0 saturated heterocycles. The van der Waals surface area contributed by atoms with Crippen LogP contribution in [-0.2, 0) is 11.2 Å². The summed E-state index contributed by atoms with van der Waals surface area (Å²) in [7, 11) is 0. The topological polar surface area (TPSA) is 17.1 Å². The first-order chi connectivity index (χ1) is 4.79. The Kier molecular flexibility index (Phi) is 2.63. The van der Waals surface area contributed by atoms with Crippen molar-refractivity contribution in [3.05, 3.63) is 35.9 Å². The van der Waals surface area contributed by atoms with Crippen LogP contribution in [0.4, 0.5) is 0 Å². The minimum atomic E-state index is 0.0266. The minimum absolute atomic E-state index is 0.0266. The molecule has 0 radical (unpaired) electrons. The van der Waals surface area contributed by atoms with Crippen LogP contribution in [0, 0.1) is 0 Å². The molecule has 0 aliphatic carbocycles. The zero-order valence-electron chi connectivity index (χ0n) is 5.38. The molecule has 0 heterocycles. The van der Waals surface area contributed by atoms with Crippen molar-refractivity contribution in [1.29, 1.82) is 0 Å².